The summed E-state index contributed by atoms with van der Waals surface area (Å²) in [6.07, 6.45) is -1.03. The van der Waals surface area contributed by atoms with E-state index in [9.17, 15) is 14.0 Å². The van der Waals surface area contributed by atoms with Gasteiger partial charge in [-0.25, -0.2) is 9.18 Å². The molecule has 2 aliphatic heterocycles. The highest BCUT2D eigenvalue weighted by Gasteiger charge is 2.35. The zero-order valence-electron chi connectivity index (χ0n) is 14.5. The van der Waals surface area contributed by atoms with Crippen molar-refractivity contribution in [2.24, 2.45) is 0 Å². The van der Waals surface area contributed by atoms with Gasteiger partial charge in [0, 0.05) is 25.6 Å². The molecule has 2 amide bonds. The molecule has 8 heteroatoms. The summed E-state index contributed by atoms with van der Waals surface area (Å²) in [6.45, 7) is 6.28. The molecule has 132 valence electrons. The molecule has 2 aliphatic rings. The Morgan fingerprint density at radius 2 is 2.04 bits per heavy atom. The van der Waals surface area contributed by atoms with Crippen LogP contribution in [0.1, 0.15) is 42.5 Å². The fourth-order valence-corrected chi connectivity index (χ4v) is 3.09. The van der Waals surface area contributed by atoms with Gasteiger partial charge >= 0.3 is 6.09 Å². The summed E-state index contributed by atoms with van der Waals surface area (Å²) in [7, 11) is 1.58. The molecule has 0 aliphatic carbocycles. The van der Waals surface area contributed by atoms with Gasteiger partial charge in [-0.3, -0.25) is 9.48 Å². The van der Waals surface area contributed by atoms with Crippen LogP contribution in [0.3, 0.4) is 0 Å². The van der Waals surface area contributed by atoms with Gasteiger partial charge in [0.1, 0.15) is 17.5 Å². The highest BCUT2D eigenvalue weighted by molar-refractivity contribution is 5.94. The number of aromatic nitrogens is 2. The van der Waals surface area contributed by atoms with Crippen LogP contribution in [-0.4, -0.2) is 63.5 Å². The van der Waals surface area contributed by atoms with E-state index in [1.807, 2.05) is 20.8 Å². The lowest BCUT2D eigenvalue weighted by molar-refractivity contribution is 0.0222. The first-order chi connectivity index (χ1) is 11.2. The van der Waals surface area contributed by atoms with Crippen molar-refractivity contribution >= 4 is 12.0 Å². The largest absolute Gasteiger partial charge is 0.444 e. The van der Waals surface area contributed by atoms with E-state index >= 15 is 0 Å². The van der Waals surface area contributed by atoms with E-state index in [2.05, 4.69) is 5.10 Å². The molecule has 0 N–H and O–H groups in total. The molecule has 0 bridgehead atoms. The van der Waals surface area contributed by atoms with Crippen molar-refractivity contribution in [3.63, 3.8) is 0 Å². The summed E-state index contributed by atoms with van der Waals surface area (Å²) in [5.41, 5.74) is 1.28. The smallest absolute Gasteiger partial charge is 0.410 e. The van der Waals surface area contributed by atoms with Gasteiger partial charge in [-0.1, -0.05) is 0 Å². The van der Waals surface area contributed by atoms with Crippen molar-refractivity contribution in [2.75, 3.05) is 20.1 Å². The lowest BCUT2D eigenvalue weighted by Gasteiger charge is -2.30. The van der Waals surface area contributed by atoms with E-state index in [-0.39, 0.29) is 25.5 Å². The van der Waals surface area contributed by atoms with E-state index in [0.29, 0.717) is 24.2 Å². The van der Waals surface area contributed by atoms with Gasteiger partial charge in [0.2, 0.25) is 0 Å². The summed E-state index contributed by atoms with van der Waals surface area (Å²) in [5.74, 6) is -0.255. The third-order valence-electron chi connectivity index (χ3n) is 4.15. The topological polar surface area (TPSA) is 67.7 Å². The number of alkyl halides is 1. The molecular formula is C16H23FN4O3. The molecule has 7 nitrogen and oxygen atoms in total. The monoisotopic (exact) mass is 338 g/mol. The predicted molar refractivity (Wildman–Crippen MR) is 84.4 cm³/mol. The Bertz CT molecular complexity index is 680. The van der Waals surface area contributed by atoms with Crippen LogP contribution in [0, 0.1) is 0 Å². The maximum absolute atomic E-state index is 14.0. The lowest BCUT2D eigenvalue weighted by Crippen LogP contribution is -2.40. The third kappa shape index (κ3) is 3.09. The number of carbonyl (C=O) groups excluding carboxylic acids is 2. The van der Waals surface area contributed by atoms with Gasteiger partial charge in [-0.15, -0.1) is 0 Å². The highest BCUT2D eigenvalue weighted by Crippen LogP contribution is 2.26. The highest BCUT2D eigenvalue weighted by atomic mass is 19.1. The van der Waals surface area contributed by atoms with Crippen LogP contribution >= 0.6 is 0 Å². The van der Waals surface area contributed by atoms with Gasteiger partial charge in [-0.05, 0) is 20.8 Å². The molecule has 1 aromatic heterocycles. The number of amides is 2. The van der Waals surface area contributed by atoms with Crippen molar-refractivity contribution in [3.05, 3.63) is 17.0 Å². The second-order valence-corrected chi connectivity index (χ2v) is 7.39. The fraction of sp³-hybridized carbons (Fsp3) is 0.688. The average molecular weight is 338 g/mol. The molecule has 0 saturated heterocycles. The Morgan fingerprint density at radius 3 is 2.71 bits per heavy atom. The van der Waals surface area contributed by atoms with Gasteiger partial charge in [-0.2, -0.15) is 5.10 Å². The number of nitrogens with zero attached hydrogens (tertiary/aromatic N) is 4. The van der Waals surface area contributed by atoms with Gasteiger partial charge < -0.3 is 14.5 Å². The molecule has 0 fully saturated rings. The number of rotatable bonds is 0. The van der Waals surface area contributed by atoms with Crippen LogP contribution in [0.25, 0.3) is 0 Å². The van der Waals surface area contributed by atoms with E-state index in [1.165, 1.54) is 9.58 Å². The number of halogens is 1. The van der Waals surface area contributed by atoms with E-state index in [1.54, 1.807) is 11.9 Å². The Balaban J connectivity index is 1.89. The van der Waals surface area contributed by atoms with E-state index in [0.717, 1.165) is 5.69 Å². The second-order valence-electron chi connectivity index (χ2n) is 7.39. The number of carbonyl (C=O) groups is 2. The molecule has 0 aromatic carbocycles. The van der Waals surface area contributed by atoms with Crippen LogP contribution in [0.4, 0.5) is 9.18 Å². The molecule has 1 atom stereocenters. The SMILES string of the molecule is CN1C[C@H](F)Cn2nc3c(c2C1=O)CN(C(=O)OC(C)(C)C)CC3. The first-order valence-corrected chi connectivity index (χ1v) is 8.11. The van der Waals surface area contributed by atoms with Crippen LogP contribution in [0.15, 0.2) is 0 Å². The maximum atomic E-state index is 14.0. The normalized spacial score (nSPS) is 21.2. The quantitative estimate of drug-likeness (QED) is 0.721. The number of hydrogen-bond donors (Lipinski definition) is 0. The molecule has 0 saturated carbocycles. The third-order valence-corrected chi connectivity index (χ3v) is 4.15. The predicted octanol–water partition coefficient (Wildman–Crippen LogP) is 1.60. The summed E-state index contributed by atoms with van der Waals surface area (Å²) in [5, 5.41) is 4.41. The van der Waals surface area contributed by atoms with Crippen molar-refractivity contribution < 1.29 is 18.7 Å². The summed E-state index contributed by atoms with van der Waals surface area (Å²) in [6, 6.07) is 0. The van der Waals surface area contributed by atoms with Crippen molar-refractivity contribution in [1.29, 1.82) is 0 Å². The number of hydrogen-bond acceptors (Lipinski definition) is 4. The molecule has 0 spiro atoms. The van der Waals surface area contributed by atoms with Gasteiger partial charge in [0.25, 0.3) is 5.91 Å². The molecule has 0 radical (unpaired) electrons. The van der Waals surface area contributed by atoms with Crippen LogP contribution in [0.2, 0.25) is 0 Å². The Labute approximate surface area is 140 Å². The van der Waals surface area contributed by atoms with Crippen LogP contribution < -0.4 is 0 Å². The summed E-state index contributed by atoms with van der Waals surface area (Å²) in [4.78, 5) is 27.8. The van der Waals surface area contributed by atoms with Crippen molar-refractivity contribution in [1.82, 2.24) is 19.6 Å². The Kier molecular flexibility index (Phi) is 4.01. The minimum absolute atomic E-state index is 0.0484. The molecule has 0 unspecified atom stereocenters. The second kappa shape index (κ2) is 5.75. The molecule has 3 heterocycles. The molecular weight excluding hydrogens is 315 g/mol. The van der Waals surface area contributed by atoms with Gasteiger partial charge in [0.15, 0.2) is 0 Å². The lowest BCUT2D eigenvalue weighted by atomic mass is 10.1. The molecule has 24 heavy (non-hydrogen) atoms. The van der Waals surface area contributed by atoms with Crippen molar-refractivity contribution in [2.45, 2.75) is 52.1 Å². The number of fused-ring (bicyclic) bond motifs is 3. The summed E-state index contributed by atoms with van der Waals surface area (Å²) < 4.78 is 20.8. The first-order valence-electron chi connectivity index (χ1n) is 8.11. The Hall–Kier alpha value is -2.12. The maximum Gasteiger partial charge on any atom is 0.410 e. The molecule has 3 rings (SSSR count). The standard InChI is InChI=1S/C16H23FN4O3/c1-16(2,3)24-15(23)20-6-5-12-11(9-20)13-14(22)19(4)7-10(17)8-21(13)18-12/h10H,5-9H2,1-4H3/t10-/m0/s1. The fourth-order valence-electron chi connectivity index (χ4n) is 3.09. The summed E-state index contributed by atoms with van der Waals surface area (Å²) >= 11 is 0. The van der Waals surface area contributed by atoms with E-state index < -0.39 is 17.9 Å². The van der Waals surface area contributed by atoms with Crippen LogP contribution in [-0.2, 0) is 24.2 Å². The number of ether oxygens (including phenoxy) is 1. The zero-order chi connectivity index (χ0) is 17.6. The van der Waals surface area contributed by atoms with Crippen molar-refractivity contribution in [3.8, 4) is 0 Å². The zero-order valence-corrected chi connectivity index (χ0v) is 14.5. The minimum Gasteiger partial charge on any atom is -0.444 e. The Morgan fingerprint density at radius 1 is 1.33 bits per heavy atom. The average Bonchev–Trinajstić information content (AvgIpc) is 2.75. The molecule has 1 aromatic rings. The first kappa shape index (κ1) is 16.7. The van der Waals surface area contributed by atoms with E-state index in [4.69, 9.17) is 4.74 Å². The van der Waals surface area contributed by atoms with Gasteiger partial charge in [0.05, 0.1) is 25.3 Å². The van der Waals surface area contributed by atoms with Crippen LogP contribution in [0.5, 0.6) is 0 Å². The minimum atomic E-state index is -1.15.